The average molecular weight is 130 g/mol. The van der Waals surface area contributed by atoms with Crippen molar-refractivity contribution >= 4 is 17.2 Å². The second-order valence-corrected chi connectivity index (χ2v) is 1.85. The summed E-state index contributed by atoms with van der Waals surface area (Å²) in [6, 6.07) is 0. The molecule has 0 aliphatic carbocycles. The van der Waals surface area contributed by atoms with Gasteiger partial charge in [-0.3, -0.25) is 0 Å². The van der Waals surface area contributed by atoms with Gasteiger partial charge in [0.05, 0.1) is 0 Å². The van der Waals surface area contributed by atoms with Crippen molar-refractivity contribution in [3.63, 3.8) is 0 Å². The second-order valence-electron chi connectivity index (χ2n) is 1.41. The van der Waals surface area contributed by atoms with Gasteiger partial charge in [0, 0.05) is 5.57 Å². The lowest BCUT2D eigenvalue weighted by atomic mass is 10.2. The molecule has 2 nitrogen and oxygen atoms in total. The van der Waals surface area contributed by atoms with Crippen LogP contribution in [-0.2, 0) is 0 Å². The van der Waals surface area contributed by atoms with Gasteiger partial charge in [0.2, 0.25) is 0 Å². The third-order valence-corrected chi connectivity index (χ3v) is 1.16. The predicted octanol–water partition coefficient (Wildman–Crippen LogP) is 0.525. The first-order chi connectivity index (χ1) is 3.72. The van der Waals surface area contributed by atoms with E-state index in [1.54, 1.807) is 0 Å². The van der Waals surface area contributed by atoms with Gasteiger partial charge < -0.3 is 11.5 Å². The van der Waals surface area contributed by atoms with Crippen molar-refractivity contribution in [2.75, 3.05) is 0 Å². The fourth-order valence-electron chi connectivity index (χ4n) is 0.374. The minimum absolute atomic E-state index is 0.398. The van der Waals surface area contributed by atoms with Crippen LogP contribution in [0, 0.1) is 0 Å². The Kier molecular flexibility index (Phi) is 3.19. The number of rotatable bonds is 2. The molecule has 46 valence electrons. The molecule has 8 heavy (non-hydrogen) atoms. The summed E-state index contributed by atoms with van der Waals surface area (Å²) >= 11 is 4.64. The molecule has 0 saturated carbocycles. The molecule has 0 aromatic heterocycles. The van der Waals surface area contributed by atoms with Crippen molar-refractivity contribution in [1.29, 1.82) is 0 Å². The monoisotopic (exact) mass is 130 g/mol. The van der Waals surface area contributed by atoms with Crippen molar-refractivity contribution in [3.8, 4) is 0 Å². The molecule has 0 aliphatic heterocycles. The molecule has 3 heteroatoms. The zero-order valence-electron chi connectivity index (χ0n) is 4.85. The molecular weight excluding hydrogens is 120 g/mol. The summed E-state index contributed by atoms with van der Waals surface area (Å²) in [6.45, 7) is 1.96. The van der Waals surface area contributed by atoms with Crippen LogP contribution in [0.5, 0.6) is 0 Å². The SMILES string of the molecule is CCC(=CN)C(N)=S. The molecule has 0 aliphatic rings. The first-order valence-corrected chi connectivity index (χ1v) is 2.83. The van der Waals surface area contributed by atoms with E-state index >= 15 is 0 Å². The second kappa shape index (κ2) is 3.43. The van der Waals surface area contributed by atoms with Crippen LogP contribution in [0.2, 0.25) is 0 Å². The normalized spacial score (nSPS) is 11.4. The Morgan fingerprint density at radius 3 is 2.25 bits per heavy atom. The standard InChI is InChI=1S/C5H10N2S/c1-2-4(3-6)5(7)8/h3H,2,6H2,1H3,(H2,7,8). The lowest BCUT2D eigenvalue weighted by Gasteiger charge is -1.96. The molecule has 0 radical (unpaired) electrons. The van der Waals surface area contributed by atoms with Crippen molar-refractivity contribution in [2.24, 2.45) is 11.5 Å². The van der Waals surface area contributed by atoms with Gasteiger partial charge in [-0.15, -0.1) is 0 Å². The summed E-state index contributed by atoms with van der Waals surface area (Å²) in [5, 5.41) is 0. The van der Waals surface area contributed by atoms with Gasteiger partial charge in [0.1, 0.15) is 4.99 Å². The van der Waals surface area contributed by atoms with Gasteiger partial charge in [-0.2, -0.15) is 0 Å². The summed E-state index contributed by atoms with van der Waals surface area (Å²) in [5.41, 5.74) is 11.2. The van der Waals surface area contributed by atoms with E-state index in [-0.39, 0.29) is 0 Å². The fraction of sp³-hybridized carbons (Fsp3) is 0.400. The number of hydrogen-bond acceptors (Lipinski definition) is 2. The van der Waals surface area contributed by atoms with Crippen molar-refractivity contribution in [3.05, 3.63) is 11.8 Å². The first-order valence-electron chi connectivity index (χ1n) is 2.43. The maximum atomic E-state index is 5.24. The van der Waals surface area contributed by atoms with Crippen molar-refractivity contribution in [1.82, 2.24) is 0 Å². The van der Waals surface area contributed by atoms with Crippen LogP contribution in [0.4, 0.5) is 0 Å². The summed E-state index contributed by atoms with van der Waals surface area (Å²) in [4.78, 5) is 0.398. The lowest BCUT2D eigenvalue weighted by molar-refractivity contribution is 1.16. The van der Waals surface area contributed by atoms with Gasteiger partial charge in [-0.25, -0.2) is 0 Å². The van der Waals surface area contributed by atoms with Crippen LogP contribution in [-0.4, -0.2) is 4.99 Å². The maximum Gasteiger partial charge on any atom is 0.101 e. The summed E-state index contributed by atoms with van der Waals surface area (Å²) in [6.07, 6.45) is 2.26. The Morgan fingerprint density at radius 1 is 1.75 bits per heavy atom. The van der Waals surface area contributed by atoms with E-state index in [1.165, 1.54) is 6.20 Å². The summed E-state index contributed by atoms with van der Waals surface area (Å²) in [7, 11) is 0. The number of nitrogens with two attached hydrogens (primary N) is 2. The molecule has 4 N–H and O–H groups in total. The van der Waals surface area contributed by atoms with E-state index in [9.17, 15) is 0 Å². The molecule has 0 unspecified atom stereocenters. The summed E-state index contributed by atoms with van der Waals surface area (Å²) < 4.78 is 0. The number of hydrogen-bond donors (Lipinski definition) is 2. The Labute approximate surface area is 54.5 Å². The van der Waals surface area contributed by atoms with Gasteiger partial charge in [-0.05, 0) is 12.6 Å². The van der Waals surface area contributed by atoms with Crippen LogP contribution in [0.15, 0.2) is 11.8 Å². The van der Waals surface area contributed by atoms with Crippen LogP contribution in [0.3, 0.4) is 0 Å². The quantitative estimate of drug-likeness (QED) is 0.423. The van der Waals surface area contributed by atoms with E-state index in [2.05, 4.69) is 12.2 Å². The van der Waals surface area contributed by atoms with Crippen molar-refractivity contribution in [2.45, 2.75) is 13.3 Å². The molecule has 0 saturated heterocycles. The van der Waals surface area contributed by atoms with E-state index in [1.807, 2.05) is 6.92 Å². The van der Waals surface area contributed by atoms with E-state index in [4.69, 9.17) is 11.5 Å². The predicted molar refractivity (Wildman–Crippen MR) is 39.3 cm³/mol. The van der Waals surface area contributed by atoms with Gasteiger partial charge in [0.25, 0.3) is 0 Å². The van der Waals surface area contributed by atoms with E-state index < -0.39 is 0 Å². The summed E-state index contributed by atoms with van der Waals surface area (Å²) in [5.74, 6) is 0. The van der Waals surface area contributed by atoms with E-state index in [0.717, 1.165) is 12.0 Å². The Balaban J connectivity index is 3.92. The Hall–Kier alpha value is -0.570. The van der Waals surface area contributed by atoms with Crippen LogP contribution >= 0.6 is 12.2 Å². The van der Waals surface area contributed by atoms with Gasteiger partial charge >= 0.3 is 0 Å². The lowest BCUT2D eigenvalue weighted by Crippen LogP contribution is -2.11. The molecule has 0 aromatic rings. The average Bonchev–Trinajstić information content (AvgIpc) is 1.69. The molecule has 0 rings (SSSR count). The third kappa shape index (κ3) is 1.93. The Bertz CT molecular complexity index is 118. The highest BCUT2D eigenvalue weighted by atomic mass is 32.1. The zero-order valence-corrected chi connectivity index (χ0v) is 5.66. The Morgan fingerprint density at radius 2 is 2.25 bits per heavy atom. The van der Waals surface area contributed by atoms with Crippen molar-refractivity contribution < 1.29 is 0 Å². The van der Waals surface area contributed by atoms with Crippen LogP contribution < -0.4 is 11.5 Å². The fourth-order valence-corrected chi connectivity index (χ4v) is 0.587. The van der Waals surface area contributed by atoms with E-state index in [0.29, 0.717) is 4.99 Å². The van der Waals surface area contributed by atoms with Gasteiger partial charge in [-0.1, -0.05) is 19.1 Å². The molecule has 0 aromatic carbocycles. The van der Waals surface area contributed by atoms with Crippen LogP contribution in [0.25, 0.3) is 0 Å². The molecule has 0 fully saturated rings. The van der Waals surface area contributed by atoms with Crippen LogP contribution in [0.1, 0.15) is 13.3 Å². The number of thiocarbonyl (C=S) groups is 1. The first kappa shape index (κ1) is 7.43. The highest BCUT2D eigenvalue weighted by Gasteiger charge is 1.92. The minimum Gasteiger partial charge on any atom is -0.404 e. The molecular formula is C5H10N2S. The topological polar surface area (TPSA) is 52.0 Å². The molecule has 0 heterocycles. The maximum absolute atomic E-state index is 5.24. The molecule has 0 spiro atoms. The molecule has 0 atom stereocenters. The smallest absolute Gasteiger partial charge is 0.101 e. The highest BCUT2D eigenvalue weighted by molar-refractivity contribution is 7.80. The minimum atomic E-state index is 0.398. The molecule has 0 bridgehead atoms. The molecule has 0 amide bonds. The largest absolute Gasteiger partial charge is 0.404 e. The zero-order chi connectivity index (χ0) is 6.57. The van der Waals surface area contributed by atoms with Gasteiger partial charge in [0.15, 0.2) is 0 Å². The third-order valence-electron chi connectivity index (χ3n) is 0.899. The highest BCUT2D eigenvalue weighted by Crippen LogP contribution is 1.96.